The second-order valence-electron chi connectivity index (χ2n) is 6.18. The van der Waals surface area contributed by atoms with Crippen LogP contribution in [0, 0.1) is 20.8 Å². The molecule has 0 bridgehead atoms. The number of hydrogen-bond acceptors (Lipinski definition) is 2. The van der Waals surface area contributed by atoms with Gasteiger partial charge < -0.3 is 10.2 Å². The Morgan fingerprint density at radius 3 is 2.05 bits per heavy atom. The fourth-order valence-corrected chi connectivity index (χ4v) is 2.66. The van der Waals surface area contributed by atoms with Crippen molar-refractivity contribution in [2.24, 2.45) is 0 Å². The Balaban J connectivity index is 2.21. The van der Waals surface area contributed by atoms with Crippen LogP contribution in [-0.2, 0) is 0 Å². The van der Waals surface area contributed by atoms with E-state index in [0.29, 0.717) is 6.04 Å². The fourth-order valence-electron chi connectivity index (χ4n) is 2.66. The van der Waals surface area contributed by atoms with Gasteiger partial charge in [-0.05, 0) is 57.0 Å². The van der Waals surface area contributed by atoms with Gasteiger partial charge in [-0.15, -0.1) is 0 Å². The minimum atomic E-state index is 0.299. The molecule has 0 aliphatic rings. The van der Waals surface area contributed by atoms with Crippen LogP contribution in [0.5, 0.6) is 0 Å². The highest BCUT2D eigenvalue weighted by molar-refractivity contribution is 5.60. The summed E-state index contributed by atoms with van der Waals surface area (Å²) in [7, 11) is 4.14. The second-order valence-corrected chi connectivity index (χ2v) is 6.18. The van der Waals surface area contributed by atoms with Crippen molar-refractivity contribution in [1.82, 2.24) is 0 Å². The van der Waals surface area contributed by atoms with Gasteiger partial charge in [0.25, 0.3) is 0 Å². The molecule has 21 heavy (non-hydrogen) atoms. The summed E-state index contributed by atoms with van der Waals surface area (Å²) < 4.78 is 0. The van der Waals surface area contributed by atoms with E-state index in [9.17, 15) is 0 Å². The van der Waals surface area contributed by atoms with Crippen LogP contribution in [0.3, 0.4) is 0 Å². The first-order chi connectivity index (χ1) is 9.86. The molecular weight excluding hydrogens is 256 g/mol. The molecule has 0 saturated heterocycles. The molecule has 2 aromatic rings. The van der Waals surface area contributed by atoms with Crippen molar-refractivity contribution >= 4 is 11.4 Å². The van der Waals surface area contributed by atoms with Crippen molar-refractivity contribution in [3.05, 3.63) is 58.7 Å². The Morgan fingerprint density at radius 2 is 1.52 bits per heavy atom. The number of rotatable bonds is 4. The van der Waals surface area contributed by atoms with Crippen LogP contribution >= 0.6 is 0 Å². The average Bonchev–Trinajstić information content (AvgIpc) is 2.39. The Kier molecular flexibility index (Phi) is 4.56. The Bertz CT molecular complexity index is 609. The molecule has 0 fully saturated rings. The van der Waals surface area contributed by atoms with Gasteiger partial charge >= 0.3 is 0 Å². The lowest BCUT2D eigenvalue weighted by Gasteiger charge is -2.20. The lowest BCUT2D eigenvalue weighted by atomic mass is 10.0. The van der Waals surface area contributed by atoms with E-state index in [1.807, 2.05) is 0 Å². The molecule has 2 nitrogen and oxygen atoms in total. The van der Waals surface area contributed by atoms with Crippen LogP contribution in [-0.4, -0.2) is 14.1 Å². The van der Waals surface area contributed by atoms with Gasteiger partial charge in [0.15, 0.2) is 0 Å². The molecule has 1 unspecified atom stereocenters. The van der Waals surface area contributed by atoms with Crippen LogP contribution in [0.2, 0.25) is 0 Å². The molecule has 0 amide bonds. The van der Waals surface area contributed by atoms with Crippen molar-refractivity contribution < 1.29 is 0 Å². The van der Waals surface area contributed by atoms with E-state index in [4.69, 9.17) is 0 Å². The molecule has 2 rings (SSSR count). The SMILES string of the molecule is Cc1cc(C)cc(C(C)Nc2ccc(N(C)C)cc2C)c1. The van der Waals surface area contributed by atoms with Gasteiger partial charge in [0, 0.05) is 31.5 Å². The first-order valence-corrected chi connectivity index (χ1v) is 7.49. The normalized spacial score (nSPS) is 12.1. The van der Waals surface area contributed by atoms with Crippen LogP contribution in [0.25, 0.3) is 0 Å². The van der Waals surface area contributed by atoms with E-state index >= 15 is 0 Å². The first-order valence-electron chi connectivity index (χ1n) is 7.49. The summed E-state index contributed by atoms with van der Waals surface area (Å²) in [6, 6.07) is 13.6. The zero-order valence-corrected chi connectivity index (χ0v) is 14.0. The van der Waals surface area contributed by atoms with E-state index in [1.54, 1.807) is 0 Å². The van der Waals surface area contributed by atoms with Crippen LogP contribution in [0.4, 0.5) is 11.4 Å². The van der Waals surface area contributed by atoms with Crippen LogP contribution in [0.1, 0.15) is 35.2 Å². The third-order valence-corrected chi connectivity index (χ3v) is 3.84. The van der Waals surface area contributed by atoms with Gasteiger partial charge in [-0.1, -0.05) is 29.3 Å². The molecule has 112 valence electrons. The summed E-state index contributed by atoms with van der Waals surface area (Å²) in [4.78, 5) is 2.13. The third kappa shape index (κ3) is 3.78. The summed E-state index contributed by atoms with van der Waals surface area (Å²) in [5.74, 6) is 0. The molecule has 0 saturated carbocycles. The first kappa shape index (κ1) is 15.4. The number of nitrogens with one attached hydrogen (secondary N) is 1. The molecule has 0 radical (unpaired) electrons. The van der Waals surface area contributed by atoms with Crippen molar-refractivity contribution in [2.45, 2.75) is 33.7 Å². The van der Waals surface area contributed by atoms with E-state index in [2.05, 4.69) is 88.4 Å². The molecular formula is C19H26N2. The summed E-state index contributed by atoms with van der Waals surface area (Å²) in [5, 5.41) is 3.63. The highest BCUT2D eigenvalue weighted by Gasteiger charge is 2.09. The van der Waals surface area contributed by atoms with Crippen LogP contribution < -0.4 is 10.2 Å². The molecule has 0 aromatic heterocycles. The number of benzene rings is 2. The largest absolute Gasteiger partial charge is 0.378 e. The monoisotopic (exact) mass is 282 g/mol. The lowest BCUT2D eigenvalue weighted by molar-refractivity contribution is 0.878. The van der Waals surface area contributed by atoms with E-state index in [0.717, 1.165) is 0 Å². The second kappa shape index (κ2) is 6.21. The van der Waals surface area contributed by atoms with Crippen LogP contribution in [0.15, 0.2) is 36.4 Å². The topological polar surface area (TPSA) is 15.3 Å². The van der Waals surface area contributed by atoms with Gasteiger partial charge in [-0.3, -0.25) is 0 Å². The molecule has 1 N–H and O–H groups in total. The van der Waals surface area contributed by atoms with Crippen molar-refractivity contribution in [3.8, 4) is 0 Å². The lowest BCUT2D eigenvalue weighted by Crippen LogP contribution is -2.11. The Morgan fingerprint density at radius 1 is 0.905 bits per heavy atom. The predicted molar refractivity (Wildman–Crippen MR) is 93.5 cm³/mol. The van der Waals surface area contributed by atoms with Crippen molar-refractivity contribution in [3.63, 3.8) is 0 Å². The summed E-state index contributed by atoms with van der Waals surface area (Å²) >= 11 is 0. The fraction of sp³-hybridized carbons (Fsp3) is 0.368. The summed E-state index contributed by atoms with van der Waals surface area (Å²) in [6.45, 7) is 8.68. The zero-order valence-electron chi connectivity index (χ0n) is 14.0. The molecule has 0 heterocycles. The molecule has 2 heteroatoms. The highest BCUT2D eigenvalue weighted by Crippen LogP contribution is 2.26. The maximum atomic E-state index is 3.63. The number of aryl methyl sites for hydroxylation is 3. The summed E-state index contributed by atoms with van der Waals surface area (Å²) in [6.07, 6.45) is 0. The minimum absolute atomic E-state index is 0.299. The highest BCUT2D eigenvalue weighted by atomic mass is 15.1. The third-order valence-electron chi connectivity index (χ3n) is 3.84. The number of hydrogen-bond donors (Lipinski definition) is 1. The number of anilines is 2. The molecule has 2 aromatic carbocycles. The smallest absolute Gasteiger partial charge is 0.0485 e. The van der Waals surface area contributed by atoms with Crippen molar-refractivity contribution in [1.29, 1.82) is 0 Å². The predicted octanol–water partition coefficient (Wildman–Crippen LogP) is 4.85. The van der Waals surface area contributed by atoms with Crippen molar-refractivity contribution in [2.75, 3.05) is 24.3 Å². The van der Waals surface area contributed by atoms with Gasteiger partial charge in [-0.2, -0.15) is 0 Å². The maximum absolute atomic E-state index is 3.63. The summed E-state index contributed by atoms with van der Waals surface area (Å²) in [5.41, 5.74) is 7.68. The number of nitrogens with zero attached hydrogens (tertiary/aromatic N) is 1. The quantitative estimate of drug-likeness (QED) is 0.862. The average molecular weight is 282 g/mol. The van der Waals surface area contributed by atoms with Gasteiger partial charge in [0.1, 0.15) is 0 Å². The standard InChI is InChI=1S/C19H26N2/c1-13-9-14(2)11-17(10-13)16(4)20-19-8-7-18(21(5)6)12-15(19)3/h7-12,16,20H,1-6H3. The zero-order chi connectivity index (χ0) is 15.6. The molecule has 0 aliphatic carbocycles. The van der Waals surface area contributed by atoms with Gasteiger partial charge in [-0.25, -0.2) is 0 Å². The Labute approximate surface area is 128 Å². The Hall–Kier alpha value is -1.96. The maximum Gasteiger partial charge on any atom is 0.0485 e. The molecule has 1 atom stereocenters. The molecule has 0 aliphatic heterocycles. The van der Waals surface area contributed by atoms with E-state index in [-0.39, 0.29) is 0 Å². The van der Waals surface area contributed by atoms with E-state index in [1.165, 1.54) is 33.6 Å². The minimum Gasteiger partial charge on any atom is -0.378 e. The van der Waals surface area contributed by atoms with Gasteiger partial charge in [0.05, 0.1) is 0 Å². The van der Waals surface area contributed by atoms with E-state index < -0.39 is 0 Å². The van der Waals surface area contributed by atoms with Gasteiger partial charge in [0.2, 0.25) is 0 Å². The molecule has 0 spiro atoms.